The molecule has 2 unspecified atom stereocenters. The van der Waals surface area contributed by atoms with Crippen molar-refractivity contribution in [2.75, 3.05) is 6.61 Å². The molecular formula is C14H15NO. The largest absolute Gasteiger partial charge is 0.396 e. The van der Waals surface area contributed by atoms with Gasteiger partial charge in [0.25, 0.3) is 0 Å². The molecule has 0 radical (unpaired) electrons. The maximum atomic E-state index is 9.08. The summed E-state index contributed by atoms with van der Waals surface area (Å²) in [7, 11) is 0. The molecule has 1 heterocycles. The van der Waals surface area contributed by atoms with Crippen LogP contribution in [0.15, 0.2) is 30.3 Å². The number of hydrogen-bond acceptors (Lipinski definition) is 2. The molecule has 2 nitrogen and oxygen atoms in total. The van der Waals surface area contributed by atoms with E-state index in [0.29, 0.717) is 18.4 Å². The van der Waals surface area contributed by atoms with Gasteiger partial charge in [-0.05, 0) is 48.9 Å². The SMILES string of the molecule is Cc1ccc2cc(C3CC3CO)ccc2n1. The van der Waals surface area contributed by atoms with Gasteiger partial charge in [0.05, 0.1) is 5.52 Å². The summed E-state index contributed by atoms with van der Waals surface area (Å²) in [5.74, 6) is 1.05. The average Bonchev–Trinajstić information content (AvgIpc) is 3.07. The van der Waals surface area contributed by atoms with Crippen molar-refractivity contribution < 1.29 is 5.11 Å². The lowest BCUT2D eigenvalue weighted by Gasteiger charge is -2.03. The van der Waals surface area contributed by atoms with E-state index in [4.69, 9.17) is 5.11 Å². The quantitative estimate of drug-likeness (QED) is 0.832. The highest BCUT2D eigenvalue weighted by Gasteiger charge is 2.37. The summed E-state index contributed by atoms with van der Waals surface area (Å²) in [5.41, 5.74) is 3.46. The van der Waals surface area contributed by atoms with Gasteiger partial charge < -0.3 is 5.11 Å². The number of nitrogens with zero attached hydrogens (tertiary/aromatic N) is 1. The molecule has 0 saturated heterocycles. The van der Waals surface area contributed by atoms with Crippen LogP contribution in [0.2, 0.25) is 0 Å². The molecule has 1 aliphatic carbocycles. The predicted molar refractivity (Wildman–Crippen MR) is 64.4 cm³/mol. The van der Waals surface area contributed by atoms with Crippen molar-refractivity contribution >= 4 is 10.9 Å². The van der Waals surface area contributed by atoms with Crippen molar-refractivity contribution in [1.82, 2.24) is 4.98 Å². The summed E-state index contributed by atoms with van der Waals surface area (Å²) in [6.07, 6.45) is 1.13. The standard InChI is InChI=1S/C14H15NO/c1-9-2-3-11-6-10(4-5-14(11)15-9)13-7-12(13)8-16/h2-6,12-13,16H,7-8H2,1H3. The third-order valence-electron chi connectivity index (χ3n) is 3.44. The number of aliphatic hydroxyl groups is 1. The Morgan fingerprint density at radius 3 is 2.94 bits per heavy atom. The van der Waals surface area contributed by atoms with E-state index in [1.165, 1.54) is 10.9 Å². The summed E-state index contributed by atoms with van der Waals surface area (Å²) in [6.45, 7) is 2.32. The smallest absolute Gasteiger partial charge is 0.0705 e. The second kappa shape index (κ2) is 3.56. The van der Waals surface area contributed by atoms with Gasteiger partial charge in [-0.3, -0.25) is 4.98 Å². The molecule has 2 heteroatoms. The zero-order valence-corrected chi connectivity index (χ0v) is 9.35. The zero-order chi connectivity index (χ0) is 11.1. The molecule has 1 aromatic heterocycles. The van der Waals surface area contributed by atoms with Crippen LogP contribution < -0.4 is 0 Å². The lowest BCUT2D eigenvalue weighted by Crippen LogP contribution is -1.90. The fourth-order valence-electron chi connectivity index (χ4n) is 2.33. The van der Waals surface area contributed by atoms with Crippen LogP contribution >= 0.6 is 0 Å². The third kappa shape index (κ3) is 1.59. The van der Waals surface area contributed by atoms with Gasteiger partial charge >= 0.3 is 0 Å². The minimum atomic E-state index is 0.314. The monoisotopic (exact) mass is 213 g/mol. The van der Waals surface area contributed by atoms with Crippen molar-refractivity contribution in [2.24, 2.45) is 5.92 Å². The van der Waals surface area contributed by atoms with Gasteiger partial charge in [-0.15, -0.1) is 0 Å². The fourth-order valence-corrected chi connectivity index (χ4v) is 2.33. The number of aryl methyl sites for hydroxylation is 1. The van der Waals surface area contributed by atoms with Gasteiger partial charge in [0.1, 0.15) is 0 Å². The van der Waals surface area contributed by atoms with Gasteiger partial charge in [0, 0.05) is 17.7 Å². The Morgan fingerprint density at radius 1 is 1.31 bits per heavy atom. The fraction of sp³-hybridized carbons (Fsp3) is 0.357. The van der Waals surface area contributed by atoms with Crippen LogP contribution in [0.25, 0.3) is 10.9 Å². The van der Waals surface area contributed by atoms with Gasteiger partial charge in [0.2, 0.25) is 0 Å². The normalized spacial score (nSPS) is 23.6. The van der Waals surface area contributed by atoms with E-state index in [1.54, 1.807) is 0 Å². The van der Waals surface area contributed by atoms with Gasteiger partial charge in [-0.1, -0.05) is 12.1 Å². The summed E-state index contributed by atoms with van der Waals surface area (Å²) in [6, 6.07) is 10.6. The van der Waals surface area contributed by atoms with Crippen molar-refractivity contribution in [3.63, 3.8) is 0 Å². The first-order chi connectivity index (χ1) is 7.78. The lowest BCUT2D eigenvalue weighted by molar-refractivity contribution is 0.274. The highest BCUT2D eigenvalue weighted by molar-refractivity contribution is 5.79. The van der Waals surface area contributed by atoms with Crippen molar-refractivity contribution in [3.8, 4) is 0 Å². The highest BCUT2D eigenvalue weighted by atomic mass is 16.3. The van der Waals surface area contributed by atoms with Crippen LogP contribution in [-0.2, 0) is 0 Å². The number of fused-ring (bicyclic) bond motifs is 1. The Morgan fingerprint density at radius 2 is 2.19 bits per heavy atom. The molecular weight excluding hydrogens is 198 g/mol. The predicted octanol–water partition coefficient (Wildman–Crippen LogP) is 2.64. The van der Waals surface area contributed by atoms with E-state index in [-0.39, 0.29) is 0 Å². The Balaban J connectivity index is 2.00. The lowest BCUT2D eigenvalue weighted by atomic mass is 10.1. The van der Waals surface area contributed by atoms with E-state index in [0.717, 1.165) is 17.6 Å². The molecule has 1 saturated carbocycles. The molecule has 0 spiro atoms. The molecule has 0 aliphatic heterocycles. The molecule has 2 atom stereocenters. The molecule has 1 aromatic carbocycles. The number of pyridine rings is 1. The van der Waals surface area contributed by atoms with E-state index in [2.05, 4.69) is 29.2 Å². The zero-order valence-electron chi connectivity index (χ0n) is 9.35. The van der Waals surface area contributed by atoms with E-state index < -0.39 is 0 Å². The first-order valence-electron chi connectivity index (χ1n) is 5.76. The van der Waals surface area contributed by atoms with Crippen molar-refractivity contribution in [1.29, 1.82) is 0 Å². The maximum absolute atomic E-state index is 9.08. The molecule has 0 amide bonds. The highest BCUT2D eigenvalue weighted by Crippen LogP contribution is 2.47. The maximum Gasteiger partial charge on any atom is 0.0705 e. The molecule has 1 N–H and O–H groups in total. The molecule has 3 rings (SSSR count). The number of benzene rings is 1. The summed E-state index contributed by atoms with van der Waals surface area (Å²) in [4.78, 5) is 4.49. The van der Waals surface area contributed by atoms with E-state index >= 15 is 0 Å². The second-order valence-corrected chi connectivity index (χ2v) is 4.69. The van der Waals surface area contributed by atoms with Crippen LogP contribution in [0.5, 0.6) is 0 Å². The topological polar surface area (TPSA) is 33.1 Å². The minimum Gasteiger partial charge on any atom is -0.396 e. The van der Waals surface area contributed by atoms with Crippen LogP contribution in [0.3, 0.4) is 0 Å². The molecule has 1 fully saturated rings. The Hall–Kier alpha value is -1.41. The molecule has 1 aliphatic rings. The van der Waals surface area contributed by atoms with Gasteiger partial charge in [-0.2, -0.15) is 0 Å². The first kappa shape index (κ1) is 9.79. The van der Waals surface area contributed by atoms with Crippen LogP contribution in [0.1, 0.15) is 23.6 Å². The Labute approximate surface area is 94.9 Å². The average molecular weight is 213 g/mol. The van der Waals surface area contributed by atoms with Crippen molar-refractivity contribution in [3.05, 3.63) is 41.6 Å². The molecule has 16 heavy (non-hydrogen) atoms. The van der Waals surface area contributed by atoms with E-state index in [9.17, 15) is 0 Å². The summed E-state index contributed by atoms with van der Waals surface area (Å²) >= 11 is 0. The second-order valence-electron chi connectivity index (χ2n) is 4.69. The number of rotatable bonds is 2. The van der Waals surface area contributed by atoms with Crippen LogP contribution in [-0.4, -0.2) is 16.7 Å². The van der Waals surface area contributed by atoms with E-state index in [1.807, 2.05) is 13.0 Å². The van der Waals surface area contributed by atoms with Crippen molar-refractivity contribution in [2.45, 2.75) is 19.3 Å². The Bertz CT molecular complexity index is 535. The Kier molecular flexibility index (Phi) is 2.18. The van der Waals surface area contributed by atoms with Gasteiger partial charge in [-0.25, -0.2) is 0 Å². The summed E-state index contributed by atoms with van der Waals surface area (Å²) < 4.78 is 0. The molecule has 0 bridgehead atoms. The molecule has 2 aromatic rings. The minimum absolute atomic E-state index is 0.314. The summed E-state index contributed by atoms with van der Waals surface area (Å²) in [5, 5.41) is 10.3. The molecule has 82 valence electrons. The van der Waals surface area contributed by atoms with Crippen LogP contribution in [0.4, 0.5) is 0 Å². The number of aromatic nitrogens is 1. The number of aliphatic hydroxyl groups excluding tert-OH is 1. The third-order valence-corrected chi connectivity index (χ3v) is 3.44. The van der Waals surface area contributed by atoms with Crippen LogP contribution in [0, 0.1) is 12.8 Å². The first-order valence-corrected chi connectivity index (χ1v) is 5.76. The number of hydrogen-bond donors (Lipinski definition) is 1. The van der Waals surface area contributed by atoms with Gasteiger partial charge in [0.15, 0.2) is 0 Å².